The van der Waals surface area contributed by atoms with Gasteiger partial charge in [0.05, 0.1) is 0 Å². The second-order valence-corrected chi connectivity index (χ2v) is 4.79. The average molecular weight is 253 g/mol. The summed E-state index contributed by atoms with van der Waals surface area (Å²) in [4.78, 5) is 13.8. The Morgan fingerprint density at radius 1 is 1.41 bits per heavy atom. The number of halogens is 1. The van der Waals surface area contributed by atoms with E-state index in [1.54, 1.807) is 7.05 Å². The topological polar surface area (TPSA) is 32.3 Å². The fourth-order valence-electron chi connectivity index (χ4n) is 2.28. The van der Waals surface area contributed by atoms with Crippen molar-refractivity contribution in [1.82, 2.24) is 5.32 Å². The van der Waals surface area contributed by atoms with E-state index in [0.717, 1.165) is 36.6 Å². The van der Waals surface area contributed by atoms with Gasteiger partial charge in [0, 0.05) is 36.8 Å². The van der Waals surface area contributed by atoms with Crippen molar-refractivity contribution < 1.29 is 4.79 Å². The van der Waals surface area contributed by atoms with Gasteiger partial charge >= 0.3 is 0 Å². The van der Waals surface area contributed by atoms with Gasteiger partial charge in [-0.05, 0) is 31.0 Å². The first-order chi connectivity index (χ1) is 8.20. The number of hydrogen-bond acceptors (Lipinski definition) is 2. The third-order valence-corrected chi connectivity index (χ3v) is 3.52. The summed E-state index contributed by atoms with van der Waals surface area (Å²) in [5.74, 6) is 0.325. The molecule has 1 amide bonds. The van der Waals surface area contributed by atoms with Gasteiger partial charge in [-0.3, -0.25) is 4.79 Å². The SMILES string of the molecule is CNC(=O)C1CCN(c2cccc(Cl)c2)CC1. The van der Waals surface area contributed by atoms with Crippen LogP contribution in [0.5, 0.6) is 0 Å². The summed E-state index contributed by atoms with van der Waals surface area (Å²) in [7, 11) is 1.70. The molecule has 17 heavy (non-hydrogen) atoms. The molecule has 0 aliphatic carbocycles. The minimum atomic E-state index is 0.162. The van der Waals surface area contributed by atoms with Crippen molar-refractivity contribution in [3.63, 3.8) is 0 Å². The quantitative estimate of drug-likeness (QED) is 0.876. The molecule has 92 valence electrons. The minimum absolute atomic E-state index is 0.162. The van der Waals surface area contributed by atoms with E-state index in [0.29, 0.717) is 0 Å². The van der Waals surface area contributed by atoms with Gasteiger partial charge in [-0.25, -0.2) is 0 Å². The summed E-state index contributed by atoms with van der Waals surface area (Å²) in [6, 6.07) is 7.87. The number of nitrogens with one attached hydrogen (secondary N) is 1. The zero-order valence-corrected chi connectivity index (χ0v) is 10.7. The lowest BCUT2D eigenvalue weighted by molar-refractivity contribution is -0.125. The molecular weight excluding hydrogens is 236 g/mol. The number of piperidine rings is 1. The summed E-state index contributed by atoms with van der Waals surface area (Å²) in [5, 5.41) is 3.48. The Bertz CT molecular complexity index is 400. The van der Waals surface area contributed by atoms with Crippen molar-refractivity contribution in [2.75, 3.05) is 25.0 Å². The van der Waals surface area contributed by atoms with Gasteiger partial charge in [0.2, 0.25) is 5.91 Å². The Morgan fingerprint density at radius 3 is 2.71 bits per heavy atom. The monoisotopic (exact) mass is 252 g/mol. The molecule has 0 atom stereocenters. The molecule has 1 aromatic carbocycles. The van der Waals surface area contributed by atoms with Crippen LogP contribution in [0.3, 0.4) is 0 Å². The molecule has 0 radical (unpaired) electrons. The standard InChI is InChI=1S/C13H17ClN2O/c1-15-13(17)10-5-7-16(8-6-10)12-4-2-3-11(14)9-12/h2-4,9-10H,5-8H2,1H3,(H,15,17). The number of anilines is 1. The van der Waals surface area contributed by atoms with Gasteiger partial charge in [-0.15, -0.1) is 0 Å². The van der Waals surface area contributed by atoms with Gasteiger partial charge < -0.3 is 10.2 Å². The van der Waals surface area contributed by atoms with Gasteiger partial charge in [-0.2, -0.15) is 0 Å². The zero-order chi connectivity index (χ0) is 12.3. The van der Waals surface area contributed by atoms with Gasteiger partial charge in [-0.1, -0.05) is 17.7 Å². The minimum Gasteiger partial charge on any atom is -0.371 e. The van der Waals surface area contributed by atoms with E-state index in [1.807, 2.05) is 18.2 Å². The van der Waals surface area contributed by atoms with Crippen molar-refractivity contribution in [3.8, 4) is 0 Å². The van der Waals surface area contributed by atoms with Crippen LogP contribution in [0, 0.1) is 5.92 Å². The van der Waals surface area contributed by atoms with Crippen LogP contribution in [-0.2, 0) is 4.79 Å². The van der Waals surface area contributed by atoms with Crippen LogP contribution in [0.4, 0.5) is 5.69 Å². The second-order valence-electron chi connectivity index (χ2n) is 4.36. The van der Waals surface area contributed by atoms with Crippen LogP contribution in [0.1, 0.15) is 12.8 Å². The maximum absolute atomic E-state index is 11.5. The van der Waals surface area contributed by atoms with Gasteiger partial charge in [0.15, 0.2) is 0 Å². The largest absolute Gasteiger partial charge is 0.371 e. The lowest BCUT2D eigenvalue weighted by Gasteiger charge is -2.32. The van der Waals surface area contributed by atoms with E-state index in [9.17, 15) is 4.79 Å². The molecular formula is C13H17ClN2O. The zero-order valence-electron chi connectivity index (χ0n) is 9.95. The highest BCUT2D eigenvalue weighted by Crippen LogP contribution is 2.25. The average Bonchev–Trinajstić information content (AvgIpc) is 2.38. The molecule has 2 rings (SSSR count). The number of hydrogen-bond donors (Lipinski definition) is 1. The Kier molecular flexibility index (Phi) is 3.89. The molecule has 1 aliphatic heterocycles. The van der Waals surface area contributed by atoms with Crippen LogP contribution in [-0.4, -0.2) is 26.0 Å². The number of amides is 1. The molecule has 1 saturated heterocycles. The number of nitrogens with zero attached hydrogens (tertiary/aromatic N) is 1. The molecule has 0 bridgehead atoms. The predicted octanol–water partition coefficient (Wildman–Crippen LogP) is 2.30. The molecule has 0 unspecified atom stereocenters. The van der Waals surface area contributed by atoms with E-state index in [2.05, 4.69) is 16.3 Å². The smallest absolute Gasteiger partial charge is 0.222 e. The molecule has 3 nitrogen and oxygen atoms in total. The highest BCUT2D eigenvalue weighted by Gasteiger charge is 2.24. The fourth-order valence-corrected chi connectivity index (χ4v) is 2.46. The molecule has 0 spiro atoms. The van der Waals surface area contributed by atoms with E-state index < -0.39 is 0 Å². The van der Waals surface area contributed by atoms with Crippen LogP contribution in [0.15, 0.2) is 24.3 Å². The number of carbonyl (C=O) groups is 1. The third kappa shape index (κ3) is 2.91. The lowest BCUT2D eigenvalue weighted by atomic mass is 9.95. The van der Waals surface area contributed by atoms with Gasteiger partial charge in [0.25, 0.3) is 0 Å². The normalized spacial score (nSPS) is 16.9. The first-order valence-corrected chi connectivity index (χ1v) is 6.30. The Hall–Kier alpha value is -1.22. The maximum atomic E-state index is 11.5. The van der Waals surface area contributed by atoms with Crippen molar-refractivity contribution in [2.24, 2.45) is 5.92 Å². The number of carbonyl (C=O) groups excluding carboxylic acids is 1. The highest BCUT2D eigenvalue weighted by atomic mass is 35.5. The van der Waals surface area contributed by atoms with Crippen LogP contribution >= 0.6 is 11.6 Å². The fraction of sp³-hybridized carbons (Fsp3) is 0.462. The third-order valence-electron chi connectivity index (χ3n) is 3.29. The van der Waals surface area contributed by atoms with E-state index >= 15 is 0 Å². The van der Waals surface area contributed by atoms with E-state index in [-0.39, 0.29) is 11.8 Å². The first-order valence-electron chi connectivity index (χ1n) is 5.93. The second kappa shape index (κ2) is 5.41. The molecule has 1 fully saturated rings. The molecule has 0 saturated carbocycles. The molecule has 0 aromatic heterocycles. The Labute approximate surface area is 107 Å². The van der Waals surface area contributed by atoms with Crippen LogP contribution in [0.25, 0.3) is 0 Å². The summed E-state index contributed by atoms with van der Waals surface area (Å²) in [5.41, 5.74) is 1.15. The highest BCUT2D eigenvalue weighted by molar-refractivity contribution is 6.30. The van der Waals surface area contributed by atoms with Crippen LogP contribution < -0.4 is 10.2 Å². The lowest BCUT2D eigenvalue weighted by Crippen LogP contribution is -2.39. The van der Waals surface area contributed by atoms with E-state index in [4.69, 9.17) is 11.6 Å². The van der Waals surface area contributed by atoms with Crippen LogP contribution in [0.2, 0.25) is 5.02 Å². The van der Waals surface area contributed by atoms with Gasteiger partial charge in [0.1, 0.15) is 0 Å². The maximum Gasteiger partial charge on any atom is 0.222 e. The first kappa shape index (κ1) is 12.2. The van der Waals surface area contributed by atoms with Crippen molar-refractivity contribution in [1.29, 1.82) is 0 Å². The summed E-state index contributed by atoms with van der Waals surface area (Å²) >= 11 is 5.97. The summed E-state index contributed by atoms with van der Waals surface area (Å²) in [6.07, 6.45) is 1.82. The number of benzene rings is 1. The van der Waals surface area contributed by atoms with Crippen molar-refractivity contribution >= 4 is 23.2 Å². The number of rotatable bonds is 2. The summed E-state index contributed by atoms with van der Waals surface area (Å²) in [6.45, 7) is 1.83. The molecule has 4 heteroatoms. The Morgan fingerprint density at radius 2 is 2.12 bits per heavy atom. The molecule has 1 N–H and O–H groups in total. The van der Waals surface area contributed by atoms with Crippen molar-refractivity contribution in [3.05, 3.63) is 29.3 Å². The molecule has 1 heterocycles. The Balaban J connectivity index is 1.97. The summed E-state index contributed by atoms with van der Waals surface area (Å²) < 4.78 is 0. The molecule has 1 aliphatic rings. The predicted molar refractivity (Wildman–Crippen MR) is 70.5 cm³/mol. The van der Waals surface area contributed by atoms with E-state index in [1.165, 1.54) is 0 Å². The molecule has 1 aromatic rings. The van der Waals surface area contributed by atoms with Crippen molar-refractivity contribution in [2.45, 2.75) is 12.8 Å².